The number of nitrogens with zero attached hydrogens (tertiary/aromatic N) is 4. The van der Waals surface area contributed by atoms with Gasteiger partial charge in [0.05, 0.1) is 0 Å². The number of piperidine rings is 1. The summed E-state index contributed by atoms with van der Waals surface area (Å²) < 4.78 is 14.0. The van der Waals surface area contributed by atoms with Gasteiger partial charge in [-0.3, -0.25) is 14.9 Å². The van der Waals surface area contributed by atoms with E-state index < -0.39 is 6.03 Å². The van der Waals surface area contributed by atoms with E-state index in [-0.39, 0.29) is 42.9 Å². The number of carbonyl (C=O) groups is 3. The summed E-state index contributed by atoms with van der Waals surface area (Å²) in [5.41, 5.74) is 0.434. The van der Waals surface area contributed by atoms with Gasteiger partial charge in [0.1, 0.15) is 10.8 Å². The highest BCUT2D eigenvalue weighted by Crippen LogP contribution is 2.33. The number of carbonyl (C=O) groups excluding carboxylic acids is 3. The number of hydrogen-bond donors (Lipinski definition) is 1. The van der Waals surface area contributed by atoms with Gasteiger partial charge in [0.15, 0.2) is 5.01 Å². The molecule has 2 aromatic rings. The third-order valence-corrected chi connectivity index (χ3v) is 6.53. The van der Waals surface area contributed by atoms with Gasteiger partial charge in [-0.1, -0.05) is 23.5 Å². The van der Waals surface area contributed by atoms with Crippen LogP contribution < -0.4 is 5.32 Å². The summed E-state index contributed by atoms with van der Waals surface area (Å²) in [6.07, 6.45) is 2.22. The third-order valence-electron chi connectivity index (χ3n) is 5.41. The van der Waals surface area contributed by atoms with Crippen molar-refractivity contribution in [2.75, 3.05) is 26.2 Å². The van der Waals surface area contributed by atoms with Crippen molar-refractivity contribution < 1.29 is 18.8 Å². The molecule has 1 atom stereocenters. The van der Waals surface area contributed by atoms with E-state index in [0.29, 0.717) is 30.2 Å². The van der Waals surface area contributed by atoms with Crippen LogP contribution in [0.1, 0.15) is 36.6 Å². The van der Waals surface area contributed by atoms with E-state index in [1.165, 1.54) is 22.3 Å². The molecule has 8 nitrogen and oxygen atoms in total. The summed E-state index contributed by atoms with van der Waals surface area (Å²) in [5.74, 6) is -0.572. The summed E-state index contributed by atoms with van der Waals surface area (Å²) in [6.45, 7) is 1.83. The summed E-state index contributed by atoms with van der Waals surface area (Å²) in [7, 11) is 0. The number of benzene rings is 1. The Bertz CT molecular complexity index is 965. The molecule has 0 bridgehead atoms. The Hall–Kier alpha value is -2.88. The van der Waals surface area contributed by atoms with Crippen LogP contribution in [0.25, 0.3) is 10.6 Å². The molecule has 3 heterocycles. The lowest BCUT2D eigenvalue weighted by Gasteiger charge is -2.33. The Morgan fingerprint density at radius 2 is 2.07 bits per heavy atom. The Labute approximate surface area is 177 Å². The minimum atomic E-state index is -0.440. The SMILES string of the molecule is O=C1CCN(CCC(=O)N2CCCC(c3nnc(-c4ccccc4F)s3)C2)C(=O)N1. The van der Waals surface area contributed by atoms with Crippen molar-refractivity contribution in [2.45, 2.75) is 31.6 Å². The summed E-state index contributed by atoms with van der Waals surface area (Å²) in [6, 6.07) is 6.04. The monoisotopic (exact) mass is 431 g/mol. The minimum Gasteiger partial charge on any atom is -0.342 e. The van der Waals surface area contributed by atoms with E-state index in [2.05, 4.69) is 15.5 Å². The van der Waals surface area contributed by atoms with E-state index in [9.17, 15) is 18.8 Å². The van der Waals surface area contributed by atoms with Crippen LogP contribution in [0.3, 0.4) is 0 Å². The largest absolute Gasteiger partial charge is 0.342 e. The maximum Gasteiger partial charge on any atom is 0.324 e. The second-order valence-corrected chi connectivity index (χ2v) is 8.45. The van der Waals surface area contributed by atoms with Crippen molar-refractivity contribution in [2.24, 2.45) is 0 Å². The van der Waals surface area contributed by atoms with E-state index in [0.717, 1.165) is 17.8 Å². The number of rotatable bonds is 5. The Balaban J connectivity index is 1.35. The van der Waals surface area contributed by atoms with E-state index in [1.807, 2.05) is 0 Å². The lowest BCUT2D eigenvalue weighted by molar-refractivity contribution is -0.132. The molecule has 0 aliphatic carbocycles. The van der Waals surface area contributed by atoms with Crippen LogP contribution in [0.5, 0.6) is 0 Å². The number of aromatic nitrogens is 2. The number of halogens is 1. The van der Waals surface area contributed by atoms with Crippen molar-refractivity contribution in [3.05, 3.63) is 35.1 Å². The van der Waals surface area contributed by atoms with Gasteiger partial charge in [0.2, 0.25) is 11.8 Å². The van der Waals surface area contributed by atoms with Crippen LogP contribution in [0, 0.1) is 5.82 Å². The van der Waals surface area contributed by atoms with E-state index in [4.69, 9.17) is 0 Å². The molecule has 10 heteroatoms. The molecule has 4 amide bonds. The first kappa shape index (κ1) is 20.4. The fourth-order valence-corrected chi connectivity index (χ4v) is 4.75. The zero-order valence-corrected chi connectivity index (χ0v) is 17.2. The average molecular weight is 431 g/mol. The lowest BCUT2D eigenvalue weighted by atomic mass is 9.98. The van der Waals surface area contributed by atoms with Gasteiger partial charge >= 0.3 is 6.03 Å². The van der Waals surface area contributed by atoms with Gasteiger partial charge in [0, 0.05) is 50.5 Å². The number of nitrogens with one attached hydrogen (secondary N) is 1. The summed E-state index contributed by atoms with van der Waals surface area (Å²) in [4.78, 5) is 39.0. The van der Waals surface area contributed by atoms with Crippen LogP contribution in [0.2, 0.25) is 0 Å². The first-order valence-corrected chi connectivity index (χ1v) is 10.8. The molecule has 2 aliphatic rings. The van der Waals surface area contributed by atoms with Crippen molar-refractivity contribution in [1.29, 1.82) is 0 Å². The zero-order valence-electron chi connectivity index (χ0n) is 16.3. The Kier molecular flexibility index (Phi) is 6.03. The molecule has 1 aromatic carbocycles. The first-order chi connectivity index (χ1) is 14.5. The van der Waals surface area contributed by atoms with Crippen LogP contribution in [0.15, 0.2) is 24.3 Å². The molecule has 1 unspecified atom stereocenters. The van der Waals surface area contributed by atoms with Gasteiger partial charge in [-0.15, -0.1) is 10.2 Å². The van der Waals surface area contributed by atoms with Gasteiger partial charge in [0.25, 0.3) is 0 Å². The second-order valence-electron chi connectivity index (χ2n) is 7.44. The Morgan fingerprint density at radius 3 is 2.87 bits per heavy atom. The van der Waals surface area contributed by atoms with E-state index >= 15 is 0 Å². The van der Waals surface area contributed by atoms with Gasteiger partial charge < -0.3 is 9.80 Å². The molecule has 158 valence electrons. The maximum absolute atomic E-state index is 14.0. The molecule has 2 fully saturated rings. The van der Waals surface area contributed by atoms with Crippen molar-refractivity contribution in [3.8, 4) is 10.6 Å². The quantitative estimate of drug-likeness (QED) is 0.784. The molecule has 1 aromatic heterocycles. The molecule has 30 heavy (non-hydrogen) atoms. The normalized spacial score (nSPS) is 19.7. The predicted molar refractivity (Wildman–Crippen MR) is 108 cm³/mol. The smallest absolute Gasteiger partial charge is 0.324 e. The van der Waals surface area contributed by atoms with Crippen LogP contribution in [-0.4, -0.2) is 64.0 Å². The summed E-state index contributed by atoms with van der Waals surface area (Å²) >= 11 is 1.36. The highest BCUT2D eigenvalue weighted by Gasteiger charge is 2.29. The minimum absolute atomic E-state index is 0.0248. The topological polar surface area (TPSA) is 95.5 Å². The molecule has 4 rings (SSSR count). The highest BCUT2D eigenvalue weighted by atomic mass is 32.1. The van der Waals surface area contributed by atoms with E-state index in [1.54, 1.807) is 23.1 Å². The van der Waals surface area contributed by atoms with Gasteiger partial charge in [-0.05, 0) is 25.0 Å². The van der Waals surface area contributed by atoms with Crippen molar-refractivity contribution >= 4 is 29.2 Å². The second kappa shape index (κ2) is 8.86. The highest BCUT2D eigenvalue weighted by molar-refractivity contribution is 7.14. The average Bonchev–Trinajstić information content (AvgIpc) is 3.23. The molecule has 2 saturated heterocycles. The van der Waals surface area contributed by atoms with Crippen molar-refractivity contribution in [3.63, 3.8) is 0 Å². The Morgan fingerprint density at radius 1 is 1.23 bits per heavy atom. The van der Waals surface area contributed by atoms with Crippen LogP contribution in [-0.2, 0) is 9.59 Å². The zero-order chi connectivity index (χ0) is 21.1. The molecule has 0 spiro atoms. The molecule has 0 saturated carbocycles. The maximum atomic E-state index is 14.0. The number of imide groups is 1. The molecular formula is C20H22FN5O3S. The molecule has 0 radical (unpaired) electrons. The van der Waals surface area contributed by atoms with Crippen LogP contribution >= 0.6 is 11.3 Å². The number of amides is 4. The number of hydrogen-bond acceptors (Lipinski definition) is 6. The third kappa shape index (κ3) is 4.48. The molecule has 2 aliphatic heterocycles. The number of likely N-dealkylation sites (tertiary alicyclic amines) is 1. The predicted octanol–water partition coefficient (Wildman–Crippen LogP) is 2.38. The fraction of sp³-hybridized carbons (Fsp3) is 0.450. The standard InChI is InChI=1S/C20H22FN5O3S/c21-15-6-2-1-5-14(15)19-24-23-18(30-19)13-4-3-9-26(12-13)17(28)8-11-25-10-7-16(27)22-20(25)29/h1-2,5-6,13H,3-4,7-12H2,(H,22,27,29). The fourth-order valence-electron chi connectivity index (χ4n) is 3.75. The van der Waals surface area contributed by atoms with Crippen molar-refractivity contribution in [1.82, 2.24) is 25.3 Å². The summed E-state index contributed by atoms with van der Waals surface area (Å²) in [5, 5.41) is 12.0. The molecule has 1 N–H and O–H groups in total. The van der Waals surface area contributed by atoms with Gasteiger partial charge in [-0.2, -0.15) is 0 Å². The van der Waals surface area contributed by atoms with Crippen LogP contribution in [0.4, 0.5) is 9.18 Å². The first-order valence-electron chi connectivity index (χ1n) is 9.96. The molecular weight excluding hydrogens is 409 g/mol. The number of urea groups is 1. The van der Waals surface area contributed by atoms with Gasteiger partial charge in [-0.25, -0.2) is 9.18 Å². The lowest BCUT2D eigenvalue weighted by Crippen LogP contribution is -2.50.